The summed E-state index contributed by atoms with van der Waals surface area (Å²) in [6, 6.07) is 11.7. The Bertz CT molecular complexity index is 1160. The third kappa shape index (κ3) is 7.23. The van der Waals surface area contributed by atoms with Crippen LogP contribution < -0.4 is 0 Å². The fraction of sp³-hybridized carbons (Fsp3) is 0.483. The van der Waals surface area contributed by atoms with Crippen LogP contribution in [0.2, 0.25) is 0 Å². The minimum absolute atomic E-state index is 0.102. The van der Waals surface area contributed by atoms with Gasteiger partial charge in [-0.2, -0.15) is 5.10 Å². The first-order valence-electron chi connectivity index (χ1n) is 13.1. The maximum absolute atomic E-state index is 14.6. The molecule has 1 saturated heterocycles. The van der Waals surface area contributed by atoms with Gasteiger partial charge >= 0.3 is 0 Å². The van der Waals surface area contributed by atoms with E-state index in [4.69, 9.17) is 4.74 Å². The van der Waals surface area contributed by atoms with E-state index < -0.39 is 11.9 Å². The van der Waals surface area contributed by atoms with Gasteiger partial charge in [0.15, 0.2) is 0 Å². The molecule has 0 N–H and O–H groups in total. The molecular formula is C29H36F2N4O3. The van der Waals surface area contributed by atoms with Crippen LogP contribution >= 0.6 is 0 Å². The van der Waals surface area contributed by atoms with Gasteiger partial charge in [0.2, 0.25) is 5.91 Å². The third-order valence-corrected chi connectivity index (χ3v) is 6.76. The van der Waals surface area contributed by atoms with Gasteiger partial charge in [0.05, 0.1) is 25.0 Å². The van der Waals surface area contributed by atoms with Crippen molar-refractivity contribution in [3.8, 4) is 0 Å². The van der Waals surface area contributed by atoms with Crippen molar-refractivity contribution in [1.82, 2.24) is 14.8 Å². The fourth-order valence-corrected chi connectivity index (χ4v) is 4.72. The summed E-state index contributed by atoms with van der Waals surface area (Å²) in [7, 11) is 0. The van der Waals surface area contributed by atoms with Crippen LogP contribution in [-0.2, 0) is 14.3 Å². The predicted octanol–water partition coefficient (Wildman–Crippen LogP) is 4.24. The highest BCUT2D eigenvalue weighted by atomic mass is 19.1. The quantitative estimate of drug-likeness (QED) is 0.516. The smallest absolute Gasteiger partial charge is 0.262 e. The second kappa shape index (κ2) is 12.1. The number of carbonyl (C=O) groups is 2. The molecule has 7 nitrogen and oxygen atoms in total. The van der Waals surface area contributed by atoms with E-state index in [0.29, 0.717) is 49.6 Å². The van der Waals surface area contributed by atoms with Crippen LogP contribution in [0.25, 0.3) is 0 Å². The van der Waals surface area contributed by atoms with Gasteiger partial charge in [-0.25, -0.2) is 13.8 Å². The van der Waals surface area contributed by atoms with Crippen molar-refractivity contribution >= 4 is 17.5 Å². The van der Waals surface area contributed by atoms with Crippen LogP contribution in [0, 0.1) is 17.0 Å². The molecule has 0 spiro atoms. The molecule has 38 heavy (non-hydrogen) atoms. The Hall–Kier alpha value is -3.17. The van der Waals surface area contributed by atoms with Crippen molar-refractivity contribution in [2.75, 3.05) is 45.9 Å². The number of hydrogen-bond acceptors (Lipinski definition) is 5. The summed E-state index contributed by atoms with van der Waals surface area (Å²) in [6.07, 6.45) is 0.580. The van der Waals surface area contributed by atoms with Gasteiger partial charge < -0.3 is 9.64 Å². The first-order valence-corrected chi connectivity index (χ1v) is 13.1. The summed E-state index contributed by atoms with van der Waals surface area (Å²) >= 11 is 0. The largest absolute Gasteiger partial charge is 0.379 e. The number of rotatable bonds is 8. The molecule has 0 aromatic heterocycles. The molecule has 2 aliphatic rings. The lowest BCUT2D eigenvalue weighted by Gasteiger charge is -2.32. The van der Waals surface area contributed by atoms with Gasteiger partial charge in [0.25, 0.3) is 5.91 Å². The zero-order valence-corrected chi connectivity index (χ0v) is 22.3. The van der Waals surface area contributed by atoms with Crippen molar-refractivity contribution < 1.29 is 23.1 Å². The van der Waals surface area contributed by atoms with E-state index in [1.54, 1.807) is 35.2 Å². The average Bonchev–Trinajstić information content (AvgIpc) is 3.32. The number of morpholine rings is 1. The second-order valence-corrected chi connectivity index (χ2v) is 11.0. The number of nitrogens with zero attached hydrogens (tertiary/aromatic N) is 4. The molecule has 0 bridgehead atoms. The van der Waals surface area contributed by atoms with Crippen LogP contribution in [0.3, 0.4) is 0 Å². The van der Waals surface area contributed by atoms with Crippen LogP contribution in [-0.4, -0.2) is 78.3 Å². The monoisotopic (exact) mass is 526 g/mol. The molecule has 4 rings (SSSR count). The molecule has 2 aromatic rings. The van der Waals surface area contributed by atoms with Crippen molar-refractivity contribution in [3.05, 3.63) is 71.3 Å². The first-order chi connectivity index (χ1) is 18.1. The van der Waals surface area contributed by atoms with E-state index in [2.05, 4.69) is 10.0 Å². The van der Waals surface area contributed by atoms with E-state index >= 15 is 0 Å². The summed E-state index contributed by atoms with van der Waals surface area (Å²) in [5.74, 6) is -1.28. The highest BCUT2D eigenvalue weighted by molar-refractivity contribution is 6.03. The van der Waals surface area contributed by atoms with E-state index in [1.165, 1.54) is 23.2 Å². The molecule has 0 saturated carbocycles. The van der Waals surface area contributed by atoms with Gasteiger partial charge in [0.1, 0.15) is 18.2 Å². The number of carbonyl (C=O) groups excluding carboxylic acids is 2. The van der Waals surface area contributed by atoms with Gasteiger partial charge in [-0.05, 0) is 29.2 Å². The maximum atomic E-state index is 14.6. The SMILES string of the molecule is CC(C)(C)CC(=O)N(CCN1CCOCC1)CC(=O)N1N=C(c2ccccc2F)C[C@H]1c1ccc(F)cc1. The first kappa shape index (κ1) is 27.9. The molecule has 0 radical (unpaired) electrons. The molecule has 2 aromatic carbocycles. The topological polar surface area (TPSA) is 65.5 Å². The number of halogens is 2. The summed E-state index contributed by atoms with van der Waals surface area (Å²) < 4.78 is 33.7. The Morgan fingerprint density at radius 3 is 2.39 bits per heavy atom. The number of benzene rings is 2. The molecule has 9 heteroatoms. The highest BCUT2D eigenvalue weighted by Crippen LogP contribution is 2.33. The number of ether oxygens (including phenoxy) is 1. The van der Waals surface area contributed by atoms with Gasteiger partial charge in [0, 0.05) is 44.6 Å². The zero-order valence-electron chi connectivity index (χ0n) is 22.3. The van der Waals surface area contributed by atoms with Crippen molar-refractivity contribution in [1.29, 1.82) is 0 Å². The number of hydrazone groups is 1. The normalized spacial score (nSPS) is 18.4. The summed E-state index contributed by atoms with van der Waals surface area (Å²) in [5, 5.41) is 5.87. The number of amides is 2. The van der Waals surface area contributed by atoms with E-state index in [-0.39, 0.29) is 36.0 Å². The van der Waals surface area contributed by atoms with Crippen molar-refractivity contribution in [3.63, 3.8) is 0 Å². The second-order valence-electron chi connectivity index (χ2n) is 11.0. The number of hydrogen-bond donors (Lipinski definition) is 0. The van der Waals surface area contributed by atoms with Crippen molar-refractivity contribution in [2.24, 2.45) is 10.5 Å². The molecule has 204 valence electrons. The molecule has 2 heterocycles. The molecule has 0 aliphatic carbocycles. The van der Waals surface area contributed by atoms with E-state index in [1.807, 2.05) is 20.8 Å². The molecule has 1 fully saturated rings. The minimum Gasteiger partial charge on any atom is -0.379 e. The Balaban J connectivity index is 1.58. The molecular weight excluding hydrogens is 490 g/mol. The standard InChI is InChI=1S/C29H36F2N4O3/c1-29(2,3)19-27(36)34(13-12-33-14-16-38-17-15-33)20-28(37)35-26(21-8-10-22(30)11-9-21)18-25(32-35)23-6-4-5-7-24(23)31/h4-11,26H,12-20H2,1-3H3/t26-/m0/s1. The van der Waals surface area contributed by atoms with Crippen LogP contribution in [0.4, 0.5) is 8.78 Å². The van der Waals surface area contributed by atoms with Gasteiger partial charge in [-0.15, -0.1) is 0 Å². The minimum atomic E-state index is -0.531. The highest BCUT2D eigenvalue weighted by Gasteiger charge is 2.35. The summed E-state index contributed by atoms with van der Waals surface area (Å²) in [4.78, 5) is 30.8. The third-order valence-electron chi connectivity index (χ3n) is 6.76. The predicted molar refractivity (Wildman–Crippen MR) is 141 cm³/mol. The van der Waals surface area contributed by atoms with Crippen LogP contribution in [0.15, 0.2) is 53.6 Å². The van der Waals surface area contributed by atoms with Crippen LogP contribution in [0.5, 0.6) is 0 Å². The summed E-state index contributed by atoms with van der Waals surface area (Å²) in [6.45, 7) is 9.72. The van der Waals surface area contributed by atoms with Crippen molar-refractivity contribution in [2.45, 2.75) is 39.7 Å². The van der Waals surface area contributed by atoms with E-state index in [9.17, 15) is 18.4 Å². The molecule has 0 unspecified atom stereocenters. The molecule has 1 atom stereocenters. The summed E-state index contributed by atoms with van der Waals surface area (Å²) in [5.41, 5.74) is 1.21. The zero-order chi connectivity index (χ0) is 27.3. The van der Waals surface area contributed by atoms with Crippen LogP contribution in [0.1, 0.15) is 50.8 Å². The Morgan fingerprint density at radius 2 is 1.74 bits per heavy atom. The van der Waals surface area contributed by atoms with E-state index in [0.717, 1.165) is 13.1 Å². The Labute approximate surface area is 223 Å². The maximum Gasteiger partial charge on any atom is 0.262 e. The molecule has 2 aliphatic heterocycles. The fourth-order valence-electron chi connectivity index (χ4n) is 4.72. The van der Waals surface area contributed by atoms with Gasteiger partial charge in [-0.3, -0.25) is 14.5 Å². The lowest BCUT2D eigenvalue weighted by Crippen LogP contribution is -2.47. The Kier molecular flexibility index (Phi) is 8.89. The molecule has 2 amide bonds. The average molecular weight is 527 g/mol. The Morgan fingerprint density at radius 1 is 1.05 bits per heavy atom. The van der Waals surface area contributed by atoms with Gasteiger partial charge in [-0.1, -0.05) is 51.1 Å². The lowest BCUT2D eigenvalue weighted by molar-refractivity contribution is -0.142. The lowest BCUT2D eigenvalue weighted by atomic mass is 9.91.